The van der Waals surface area contributed by atoms with Gasteiger partial charge in [0.15, 0.2) is 0 Å². The zero-order valence-electron chi connectivity index (χ0n) is 11.2. The van der Waals surface area contributed by atoms with Crippen molar-refractivity contribution in [3.05, 3.63) is 47.8 Å². The average Bonchev–Trinajstić information content (AvgIpc) is 2.93. The van der Waals surface area contributed by atoms with Crippen LogP contribution in [-0.4, -0.2) is 22.3 Å². The SMILES string of the molecule is NCc1ccccc1OCCCn1cc(C(N)=O)cn1. The van der Waals surface area contributed by atoms with E-state index in [0.717, 1.165) is 17.7 Å². The number of aryl methyl sites for hydroxylation is 1. The van der Waals surface area contributed by atoms with Gasteiger partial charge >= 0.3 is 0 Å². The number of nitrogens with two attached hydrogens (primary N) is 2. The summed E-state index contributed by atoms with van der Waals surface area (Å²) in [6, 6.07) is 7.70. The van der Waals surface area contributed by atoms with Crippen molar-refractivity contribution >= 4 is 5.91 Å². The molecule has 6 nitrogen and oxygen atoms in total. The molecular weight excluding hydrogens is 256 g/mol. The molecule has 0 aliphatic rings. The van der Waals surface area contributed by atoms with Crippen molar-refractivity contribution < 1.29 is 9.53 Å². The molecule has 0 saturated heterocycles. The molecule has 0 aliphatic heterocycles. The summed E-state index contributed by atoms with van der Waals surface area (Å²) in [6.07, 6.45) is 3.88. The van der Waals surface area contributed by atoms with Crippen LogP contribution in [-0.2, 0) is 13.1 Å². The van der Waals surface area contributed by atoms with Gasteiger partial charge in [0.25, 0.3) is 5.91 Å². The van der Waals surface area contributed by atoms with E-state index in [-0.39, 0.29) is 0 Å². The van der Waals surface area contributed by atoms with Crippen molar-refractivity contribution in [2.75, 3.05) is 6.61 Å². The Morgan fingerprint density at radius 3 is 2.85 bits per heavy atom. The first-order chi connectivity index (χ1) is 9.70. The molecule has 2 aromatic rings. The standard InChI is InChI=1S/C14H18N4O2/c15-8-11-4-1-2-5-13(11)20-7-3-6-18-10-12(9-17-18)14(16)19/h1-2,4-5,9-10H,3,6-8,15H2,(H2,16,19). The van der Waals surface area contributed by atoms with E-state index in [0.29, 0.717) is 25.3 Å². The summed E-state index contributed by atoms with van der Waals surface area (Å²) in [5.41, 5.74) is 12.2. The third-order valence-electron chi connectivity index (χ3n) is 2.90. The lowest BCUT2D eigenvalue weighted by atomic mass is 10.2. The zero-order chi connectivity index (χ0) is 14.4. The lowest BCUT2D eigenvalue weighted by Gasteiger charge is -2.10. The maximum atomic E-state index is 10.9. The van der Waals surface area contributed by atoms with Crippen molar-refractivity contribution in [3.63, 3.8) is 0 Å². The summed E-state index contributed by atoms with van der Waals surface area (Å²) in [6.45, 7) is 1.68. The van der Waals surface area contributed by atoms with Crippen LogP contribution in [0.3, 0.4) is 0 Å². The number of primary amides is 1. The number of carbonyl (C=O) groups excluding carboxylic acids is 1. The maximum Gasteiger partial charge on any atom is 0.251 e. The summed E-state index contributed by atoms with van der Waals surface area (Å²) in [5, 5.41) is 4.06. The van der Waals surface area contributed by atoms with Gasteiger partial charge < -0.3 is 16.2 Å². The predicted molar refractivity (Wildman–Crippen MR) is 75.2 cm³/mol. The van der Waals surface area contributed by atoms with Gasteiger partial charge in [-0.25, -0.2) is 0 Å². The Kier molecular flexibility index (Phi) is 4.73. The topological polar surface area (TPSA) is 96.2 Å². The minimum Gasteiger partial charge on any atom is -0.493 e. The van der Waals surface area contributed by atoms with Crippen molar-refractivity contribution in [1.82, 2.24) is 9.78 Å². The number of hydrogen-bond acceptors (Lipinski definition) is 4. The van der Waals surface area contributed by atoms with Crippen LogP contribution in [0.1, 0.15) is 22.3 Å². The van der Waals surface area contributed by atoms with Crippen molar-refractivity contribution in [2.24, 2.45) is 11.5 Å². The number of para-hydroxylation sites is 1. The molecule has 0 spiro atoms. The van der Waals surface area contributed by atoms with E-state index < -0.39 is 5.91 Å². The van der Waals surface area contributed by atoms with Crippen LogP contribution in [0, 0.1) is 0 Å². The average molecular weight is 274 g/mol. The Morgan fingerprint density at radius 2 is 2.15 bits per heavy atom. The number of benzene rings is 1. The van der Waals surface area contributed by atoms with Gasteiger partial charge in [-0.2, -0.15) is 5.10 Å². The molecular formula is C14H18N4O2. The number of aromatic nitrogens is 2. The lowest BCUT2D eigenvalue weighted by molar-refractivity contribution is 0.1000. The van der Waals surface area contributed by atoms with Crippen LogP contribution in [0.2, 0.25) is 0 Å². The van der Waals surface area contributed by atoms with Crippen LogP contribution < -0.4 is 16.2 Å². The maximum absolute atomic E-state index is 10.9. The molecule has 1 heterocycles. The largest absolute Gasteiger partial charge is 0.493 e. The van der Waals surface area contributed by atoms with E-state index in [1.54, 1.807) is 10.9 Å². The highest BCUT2D eigenvalue weighted by atomic mass is 16.5. The normalized spacial score (nSPS) is 10.4. The Balaban J connectivity index is 1.80. The predicted octanol–water partition coefficient (Wildman–Crippen LogP) is 0.910. The first kappa shape index (κ1) is 14.1. The molecule has 6 heteroatoms. The van der Waals surface area contributed by atoms with E-state index in [4.69, 9.17) is 16.2 Å². The van der Waals surface area contributed by atoms with E-state index in [1.807, 2.05) is 24.3 Å². The Bertz CT molecular complexity index is 580. The van der Waals surface area contributed by atoms with Gasteiger partial charge in [-0.1, -0.05) is 18.2 Å². The molecule has 1 amide bonds. The number of amides is 1. The highest BCUT2D eigenvalue weighted by molar-refractivity contribution is 5.92. The van der Waals surface area contributed by atoms with Gasteiger partial charge in [0.2, 0.25) is 0 Å². The van der Waals surface area contributed by atoms with Crippen molar-refractivity contribution in [1.29, 1.82) is 0 Å². The summed E-state index contributed by atoms with van der Waals surface area (Å²) in [5.74, 6) is 0.345. The molecule has 0 saturated carbocycles. The quantitative estimate of drug-likeness (QED) is 0.733. The highest BCUT2D eigenvalue weighted by Gasteiger charge is 2.04. The summed E-state index contributed by atoms with van der Waals surface area (Å²) in [4.78, 5) is 10.9. The summed E-state index contributed by atoms with van der Waals surface area (Å²) < 4.78 is 7.37. The first-order valence-corrected chi connectivity index (χ1v) is 6.43. The van der Waals surface area contributed by atoms with Crippen molar-refractivity contribution in [3.8, 4) is 5.75 Å². The minimum atomic E-state index is -0.468. The Labute approximate surface area is 117 Å². The number of hydrogen-bond donors (Lipinski definition) is 2. The molecule has 0 radical (unpaired) electrons. The van der Waals surface area contributed by atoms with E-state index in [9.17, 15) is 4.79 Å². The molecule has 4 N–H and O–H groups in total. The third kappa shape index (κ3) is 3.58. The zero-order valence-corrected chi connectivity index (χ0v) is 11.2. The number of carbonyl (C=O) groups is 1. The third-order valence-corrected chi connectivity index (χ3v) is 2.90. The van der Waals surface area contributed by atoms with Gasteiger partial charge in [0.05, 0.1) is 18.4 Å². The first-order valence-electron chi connectivity index (χ1n) is 6.43. The Morgan fingerprint density at radius 1 is 1.35 bits per heavy atom. The van der Waals surface area contributed by atoms with Crippen LogP contribution in [0.25, 0.3) is 0 Å². The molecule has 20 heavy (non-hydrogen) atoms. The molecule has 0 bridgehead atoms. The minimum absolute atomic E-state index is 0.416. The van der Waals surface area contributed by atoms with Crippen LogP contribution >= 0.6 is 0 Å². The monoisotopic (exact) mass is 274 g/mol. The van der Waals surface area contributed by atoms with Crippen LogP contribution in [0.5, 0.6) is 5.75 Å². The van der Waals surface area contributed by atoms with Gasteiger partial charge in [-0.05, 0) is 6.07 Å². The number of ether oxygens (including phenoxy) is 1. The fraction of sp³-hybridized carbons (Fsp3) is 0.286. The molecule has 0 unspecified atom stereocenters. The van der Waals surface area contributed by atoms with E-state index >= 15 is 0 Å². The van der Waals surface area contributed by atoms with E-state index in [2.05, 4.69) is 5.10 Å². The van der Waals surface area contributed by atoms with Crippen molar-refractivity contribution in [2.45, 2.75) is 19.5 Å². The molecule has 0 aliphatic carbocycles. The molecule has 2 rings (SSSR count). The Hall–Kier alpha value is -2.34. The second-order valence-electron chi connectivity index (χ2n) is 4.37. The molecule has 106 valence electrons. The summed E-state index contributed by atoms with van der Waals surface area (Å²) in [7, 11) is 0. The second-order valence-corrected chi connectivity index (χ2v) is 4.37. The lowest BCUT2D eigenvalue weighted by Crippen LogP contribution is -2.10. The van der Waals surface area contributed by atoms with E-state index in [1.165, 1.54) is 6.20 Å². The number of rotatable bonds is 7. The van der Waals surface area contributed by atoms with Gasteiger partial charge in [-0.3, -0.25) is 9.48 Å². The molecule has 1 aromatic heterocycles. The number of nitrogens with zero attached hydrogens (tertiary/aromatic N) is 2. The molecule has 0 fully saturated rings. The molecule has 1 aromatic carbocycles. The van der Waals surface area contributed by atoms with Gasteiger partial charge in [-0.15, -0.1) is 0 Å². The fourth-order valence-corrected chi connectivity index (χ4v) is 1.84. The summed E-state index contributed by atoms with van der Waals surface area (Å²) >= 11 is 0. The second kappa shape index (κ2) is 6.72. The van der Waals surface area contributed by atoms with Crippen LogP contribution in [0.4, 0.5) is 0 Å². The smallest absolute Gasteiger partial charge is 0.251 e. The van der Waals surface area contributed by atoms with Crippen LogP contribution in [0.15, 0.2) is 36.7 Å². The fourth-order valence-electron chi connectivity index (χ4n) is 1.84. The van der Waals surface area contributed by atoms with Gasteiger partial charge in [0.1, 0.15) is 5.75 Å². The highest BCUT2D eigenvalue weighted by Crippen LogP contribution is 2.17. The van der Waals surface area contributed by atoms with Gasteiger partial charge in [0, 0.05) is 31.3 Å². The molecule has 0 atom stereocenters.